The molecule has 0 bridgehead atoms. The standard InChI is InChI=1S/C22H22N2O5S/c1-3-24-10-9-14-18(12-24)30-21(19(14)22(27)28-4-2)23-20(26)17-11-15(25)13-7-5-6-8-16(13)29-17/h5-8,11H,3-4,9-10,12H2,1-2H3,(H,23,26). The molecule has 8 heteroatoms. The van der Waals surface area contributed by atoms with Crippen molar-refractivity contribution in [1.82, 2.24) is 4.90 Å². The fourth-order valence-electron chi connectivity index (χ4n) is 3.61. The first-order chi connectivity index (χ1) is 14.5. The van der Waals surface area contributed by atoms with Gasteiger partial charge in [-0.15, -0.1) is 11.3 Å². The van der Waals surface area contributed by atoms with Crippen molar-refractivity contribution in [3.8, 4) is 0 Å². The number of hydrogen-bond donors (Lipinski definition) is 1. The molecule has 1 N–H and O–H groups in total. The summed E-state index contributed by atoms with van der Waals surface area (Å²) < 4.78 is 10.9. The minimum atomic E-state index is -0.575. The third-order valence-corrected chi connectivity index (χ3v) is 6.28. The van der Waals surface area contributed by atoms with Gasteiger partial charge in [-0.05, 0) is 37.6 Å². The molecule has 0 fully saturated rings. The number of nitrogens with zero attached hydrogens (tertiary/aromatic N) is 1. The Hall–Kier alpha value is -2.97. The molecule has 0 atom stereocenters. The lowest BCUT2D eigenvalue weighted by atomic mass is 10.0. The Bertz CT molecular complexity index is 1180. The number of hydrogen-bond acceptors (Lipinski definition) is 7. The van der Waals surface area contributed by atoms with E-state index in [1.807, 2.05) is 0 Å². The molecule has 3 aromatic rings. The number of thiophene rings is 1. The number of esters is 1. The molecule has 0 radical (unpaired) electrons. The molecule has 0 saturated heterocycles. The van der Waals surface area contributed by atoms with Crippen molar-refractivity contribution in [3.63, 3.8) is 0 Å². The van der Waals surface area contributed by atoms with Gasteiger partial charge in [-0.25, -0.2) is 4.79 Å². The minimum Gasteiger partial charge on any atom is -0.462 e. The number of rotatable bonds is 5. The maximum Gasteiger partial charge on any atom is 0.341 e. The highest BCUT2D eigenvalue weighted by atomic mass is 32.1. The van der Waals surface area contributed by atoms with Crippen LogP contribution >= 0.6 is 11.3 Å². The van der Waals surface area contributed by atoms with Crippen LogP contribution in [0.3, 0.4) is 0 Å². The van der Waals surface area contributed by atoms with E-state index in [9.17, 15) is 14.4 Å². The molecule has 1 amide bonds. The first-order valence-corrected chi connectivity index (χ1v) is 10.7. The molecule has 2 aromatic heterocycles. The van der Waals surface area contributed by atoms with Crippen LogP contribution in [0.5, 0.6) is 0 Å². The first kappa shape index (κ1) is 20.3. The van der Waals surface area contributed by atoms with Gasteiger partial charge in [-0.2, -0.15) is 0 Å². The zero-order chi connectivity index (χ0) is 21.3. The molecule has 4 rings (SSSR count). The molecule has 0 aliphatic carbocycles. The maximum absolute atomic E-state index is 12.9. The second kappa shape index (κ2) is 8.41. The van der Waals surface area contributed by atoms with Gasteiger partial charge in [-0.3, -0.25) is 14.5 Å². The van der Waals surface area contributed by atoms with Crippen molar-refractivity contribution in [3.05, 3.63) is 62.3 Å². The van der Waals surface area contributed by atoms with Gasteiger partial charge in [0.25, 0.3) is 5.91 Å². The van der Waals surface area contributed by atoms with Crippen LogP contribution in [-0.2, 0) is 17.7 Å². The van der Waals surface area contributed by atoms with Crippen LogP contribution in [0.25, 0.3) is 11.0 Å². The summed E-state index contributed by atoms with van der Waals surface area (Å²) in [6, 6.07) is 7.93. The van der Waals surface area contributed by atoms with Gasteiger partial charge >= 0.3 is 5.97 Å². The summed E-state index contributed by atoms with van der Waals surface area (Å²) in [6.45, 7) is 6.57. The second-order valence-electron chi connectivity index (χ2n) is 6.97. The highest BCUT2D eigenvalue weighted by molar-refractivity contribution is 7.17. The van der Waals surface area contributed by atoms with Crippen LogP contribution in [0, 0.1) is 0 Å². The van der Waals surface area contributed by atoms with Gasteiger partial charge in [0.1, 0.15) is 10.6 Å². The smallest absolute Gasteiger partial charge is 0.341 e. The first-order valence-electron chi connectivity index (χ1n) is 9.90. The van der Waals surface area contributed by atoms with Crippen LogP contribution in [0.1, 0.15) is 45.2 Å². The molecule has 1 aromatic carbocycles. The Morgan fingerprint density at radius 2 is 2.07 bits per heavy atom. The molecule has 0 spiro atoms. The Morgan fingerprint density at radius 3 is 2.83 bits per heavy atom. The van der Waals surface area contributed by atoms with Gasteiger partial charge in [0.2, 0.25) is 0 Å². The monoisotopic (exact) mass is 426 g/mol. The van der Waals surface area contributed by atoms with E-state index < -0.39 is 11.9 Å². The Labute approximate surface area is 177 Å². The molecule has 0 unspecified atom stereocenters. The number of anilines is 1. The van der Waals surface area contributed by atoms with Crippen LogP contribution in [0.4, 0.5) is 5.00 Å². The number of ether oxygens (including phenoxy) is 1. The summed E-state index contributed by atoms with van der Waals surface area (Å²) >= 11 is 1.37. The van der Waals surface area contributed by atoms with Crippen LogP contribution in [0.2, 0.25) is 0 Å². The molecule has 156 valence electrons. The number of carbonyl (C=O) groups is 2. The Balaban J connectivity index is 1.70. The lowest BCUT2D eigenvalue weighted by molar-refractivity contribution is 0.0526. The van der Waals surface area contributed by atoms with Crippen molar-refractivity contribution in [2.24, 2.45) is 0 Å². The average molecular weight is 426 g/mol. The van der Waals surface area contributed by atoms with Crippen molar-refractivity contribution in [2.45, 2.75) is 26.8 Å². The molecule has 0 saturated carbocycles. The minimum absolute atomic E-state index is 0.102. The highest BCUT2D eigenvalue weighted by Gasteiger charge is 2.29. The SMILES string of the molecule is CCOC(=O)c1c(NC(=O)c2cc(=O)c3ccccc3o2)sc2c1CCN(CC)C2. The fraction of sp³-hybridized carbons (Fsp3) is 0.318. The van der Waals surface area contributed by atoms with E-state index in [1.54, 1.807) is 31.2 Å². The number of likely N-dealkylation sites (N-methyl/N-ethyl adjacent to an activating group) is 1. The zero-order valence-corrected chi connectivity index (χ0v) is 17.6. The molecule has 1 aliphatic rings. The van der Waals surface area contributed by atoms with Crippen molar-refractivity contribution < 1.29 is 18.7 Å². The molecular weight excluding hydrogens is 404 g/mol. The number of amides is 1. The molecule has 1 aliphatic heterocycles. The third kappa shape index (κ3) is 3.76. The number of fused-ring (bicyclic) bond motifs is 2. The summed E-state index contributed by atoms with van der Waals surface area (Å²) in [6.07, 6.45) is 0.717. The van der Waals surface area contributed by atoms with E-state index >= 15 is 0 Å². The molecular formula is C22H22N2O5S. The fourth-order valence-corrected chi connectivity index (χ4v) is 4.89. The number of nitrogens with one attached hydrogen (secondary N) is 1. The molecule has 30 heavy (non-hydrogen) atoms. The Kier molecular flexibility index (Phi) is 5.69. The average Bonchev–Trinajstić information content (AvgIpc) is 3.10. The normalized spacial score (nSPS) is 13.8. The number of benzene rings is 1. The van der Waals surface area contributed by atoms with E-state index in [0.29, 0.717) is 21.5 Å². The molecule has 3 heterocycles. The lowest BCUT2D eigenvalue weighted by Gasteiger charge is -2.25. The van der Waals surface area contributed by atoms with Gasteiger partial charge < -0.3 is 14.5 Å². The highest BCUT2D eigenvalue weighted by Crippen LogP contribution is 2.38. The van der Waals surface area contributed by atoms with Crippen LogP contribution in [0.15, 0.2) is 39.5 Å². The van der Waals surface area contributed by atoms with E-state index in [0.717, 1.165) is 36.5 Å². The summed E-state index contributed by atoms with van der Waals surface area (Å²) in [4.78, 5) is 41.2. The van der Waals surface area contributed by atoms with E-state index in [4.69, 9.17) is 9.15 Å². The topological polar surface area (TPSA) is 88.8 Å². The zero-order valence-electron chi connectivity index (χ0n) is 16.8. The maximum atomic E-state index is 12.9. The number of para-hydroxylation sites is 1. The van der Waals surface area contributed by atoms with Gasteiger partial charge in [0, 0.05) is 24.0 Å². The largest absolute Gasteiger partial charge is 0.462 e. The summed E-state index contributed by atoms with van der Waals surface area (Å²) in [7, 11) is 0. The lowest BCUT2D eigenvalue weighted by Crippen LogP contribution is -2.30. The van der Waals surface area contributed by atoms with Crippen LogP contribution in [-0.4, -0.2) is 36.5 Å². The van der Waals surface area contributed by atoms with Gasteiger partial charge in [0.15, 0.2) is 11.2 Å². The van der Waals surface area contributed by atoms with Gasteiger partial charge in [0.05, 0.1) is 17.6 Å². The second-order valence-corrected chi connectivity index (χ2v) is 8.08. The van der Waals surface area contributed by atoms with E-state index in [1.165, 1.54) is 17.4 Å². The summed E-state index contributed by atoms with van der Waals surface area (Å²) in [5, 5.41) is 3.61. The van der Waals surface area contributed by atoms with E-state index in [-0.39, 0.29) is 17.8 Å². The van der Waals surface area contributed by atoms with Crippen molar-refractivity contribution in [2.75, 3.05) is 25.0 Å². The number of carbonyl (C=O) groups excluding carboxylic acids is 2. The van der Waals surface area contributed by atoms with Crippen molar-refractivity contribution >= 4 is 39.2 Å². The molecule has 7 nitrogen and oxygen atoms in total. The summed E-state index contributed by atoms with van der Waals surface area (Å²) in [5.41, 5.74) is 1.38. The van der Waals surface area contributed by atoms with E-state index in [2.05, 4.69) is 17.1 Å². The Morgan fingerprint density at radius 1 is 1.27 bits per heavy atom. The predicted octanol–water partition coefficient (Wildman–Crippen LogP) is 3.66. The predicted molar refractivity (Wildman–Crippen MR) is 115 cm³/mol. The third-order valence-electron chi connectivity index (χ3n) is 5.15. The van der Waals surface area contributed by atoms with Crippen molar-refractivity contribution in [1.29, 1.82) is 0 Å². The van der Waals surface area contributed by atoms with Crippen LogP contribution < -0.4 is 10.7 Å². The summed E-state index contributed by atoms with van der Waals surface area (Å²) in [5.74, 6) is -1.13. The quantitative estimate of drug-likeness (QED) is 0.627. The van der Waals surface area contributed by atoms with Gasteiger partial charge in [-0.1, -0.05) is 19.1 Å².